The van der Waals surface area contributed by atoms with Crippen LogP contribution in [0.15, 0.2) is 4.52 Å². The van der Waals surface area contributed by atoms with Crippen LogP contribution in [-0.2, 0) is 6.42 Å². The molecule has 1 heterocycles. The maximum Gasteiger partial charge on any atom is 0.137 e. The lowest BCUT2D eigenvalue weighted by Gasteiger charge is -2.15. The maximum absolute atomic E-state index is 5.15. The van der Waals surface area contributed by atoms with Gasteiger partial charge in [-0.2, -0.15) is 0 Å². The molecule has 0 bridgehead atoms. The van der Waals surface area contributed by atoms with Crippen LogP contribution in [0.5, 0.6) is 0 Å². The number of rotatable bonds is 7. The average molecular weight is 224 g/mol. The van der Waals surface area contributed by atoms with Gasteiger partial charge in [0.15, 0.2) is 0 Å². The second-order valence-electron chi connectivity index (χ2n) is 4.40. The summed E-state index contributed by atoms with van der Waals surface area (Å²) >= 11 is 0. The van der Waals surface area contributed by atoms with E-state index >= 15 is 0 Å². The van der Waals surface area contributed by atoms with E-state index in [1.807, 2.05) is 13.8 Å². The Labute approximate surface area is 98.6 Å². The van der Waals surface area contributed by atoms with Crippen LogP contribution < -0.4 is 5.32 Å². The molecule has 1 rings (SSSR count). The molecule has 0 fully saturated rings. The lowest BCUT2D eigenvalue weighted by molar-refractivity contribution is 0.391. The van der Waals surface area contributed by atoms with E-state index in [4.69, 9.17) is 4.52 Å². The van der Waals surface area contributed by atoms with Crippen LogP contribution in [0.25, 0.3) is 0 Å². The third-order valence-electron chi connectivity index (χ3n) is 3.12. The topological polar surface area (TPSA) is 38.1 Å². The lowest BCUT2D eigenvalue weighted by Crippen LogP contribution is -2.30. The maximum atomic E-state index is 5.15. The first-order chi connectivity index (χ1) is 7.69. The minimum Gasteiger partial charge on any atom is -0.361 e. The van der Waals surface area contributed by atoms with Crippen LogP contribution in [0, 0.1) is 13.8 Å². The molecule has 1 aromatic heterocycles. The highest BCUT2D eigenvalue weighted by Gasteiger charge is 2.09. The summed E-state index contributed by atoms with van der Waals surface area (Å²) in [4.78, 5) is 0. The molecule has 0 radical (unpaired) electrons. The van der Waals surface area contributed by atoms with Crippen LogP contribution >= 0.6 is 0 Å². The summed E-state index contributed by atoms with van der Waals surface area (Å²) in [6.45, 7) is 9.48. The van der Waals surface area contributed by atoms with Crippen molar-refractivity contribution in [3.63, 3.8) is 0 Å². The van der Waals surface area contributed by atoms with Gasteiger partial charge in [0.1, 0.15) is 5.76 Å². The van der Waals surface area contributed by atoms with Gasteiger partial charge >= 0.3 is 0 Å². The van der Waals surface area contributed by atoms with Gasteiger partial charge in [-0.05, 0) is 39.7 Å². The molecular formula is C13H24N2O. The smallest absolute Gasteiger partial charge is 0.137 e. The predicted molar refractivity (Wildman–Crippen MR) is 66.7 cm³/mol. The fourth-order valence-corrected chi connectivity index (χ4v) is 2.06. The quantitative estimate of drug-likeness (QED) is 0.773. The van der Waals surface area contributed by atoms with Gasteiger partial charge in [0.2, 0.25) is 0 Å². The Bertz CT molecular complexity index is 287. The van der Waals surface area contributed by atoms with Gasteiger partial charge in [-0.1, -0.05) is 25.4 Å². The molecule has 0 aliphatic carbocycles. The molecule has 0 spiro atoms. The van der Waals surface area contributed by atoms with E-state index in [0.29, 0.717) is 6.04 Å². The van der Waals surface area contributed by atoms with Crippen molar-refractivity contribution >= 4 is 0 Å². The monoisotopic (exact) mass is 224 g/mol. The van der Waals surface area contributed by atoms with E-state index in [1.54, 1.807) is 0 Å². The number of aromatic nitrogens is 1. The zero-order valence-corrected chi connectivity index (χ0v) is 11.0. The number of hydrogen-bond acceptors (Lipinski definition) is 3. The van der Waals surface area contributed by atoms with E-state index < -0.39 is 0 Å². The first-order valence-electron chi connectivity index (χ1n) is 6.34. The molecule has 3 nitrogen and oxygen atoms in total. The van der Waals surface area contributed by atoms with Crippen LogP contribution in [-0.4, -0.2) is 17.7 Å². The van der Waals surface area contributed by atoms with Gasteiger partial charge in [-0.25, -0.2) is 0 Å². The van der Waals surface area contributed by atoms with Crippen molar-refractivity contribution in [2.24, 2.45) is 0 Å². The Morgan fingerprint density at radius 2 is 2.06 bits per heavy atom. The Balaban J connectivity index is 2.35. The fourth-order valence-electron chi connectivity index (χ4n) is 2.06. The van der Waals surface area contributed by atoms with Gasteiger partial charge in [0, 0.05) is 11.6 Å². The molecule has 3 heteroatoms. The summed E-state index contributed by atoms with van der Waals surface area (Å²) < 4.78 is 5.15. The summed E-state index contributed by atoms with van der Waals surface area (Å²) in [7, 11) is 0. The van der Waals surface area contributed by atoms with Crippen molar-refractivity contribution < 1.29 is 4.52 Å². The standard InChI is InChI=1S/C13H24N2O/c1-5-7-12(6-2)14-9-8-13-10(3)15-16-11(13)4/h12,14H,5-9H2,1-4H3. The van der Waals surface area contributed by atoms with Crippen LogP contribution in [0.2, 0.25) is 0 Å². The molecule has 1 N–H and O–H groups in total. The Hall–Kier alpha value is -0.830. The van der Waals surface area contributed by atoms with E-state index in [9.17, 15) is 0 Å². The summed E-state index contributed by atoms with van der Waals surface area (Å²) in [5, 5.41) is 7.56. The van der Waals surface area contributed by atoms with Crippen LogP contribution in [0.1, 0.15) is 50.1 Å². The lowest BCUT2D eigenvalue weighted by atomic mass is 10.1. The number of nitrogens with one attached hydrogen (secondary N) is 1. The molecule has 0 saturated heterocycles. The van der Waals surface area contributed by atoms with Crippen LogP contribution in [0.3, 0.4) is 0 Å². The molecule has 1 aromatic rings. The third kappa shape index (κ3) is 3.63. The molecule has 0 aliphatic rings. The molecule has 92 valence electrons. The SMILES string of the molecule is CCCC(CC)NCCc1c(C)noc1C. The van der Waals surface area contributed by atoms with E-state index in [2.05, 4.69) is 24.3 Å². The Morgan fingerprint density at radius 1 is 1.31 bits per heavy atom. The van der Waals surface area contributed by atoms with Crippen molar-refractivity contribution in [2.45, 2.75) is 59.4 Å². The Kier molecular flexibility index (Phi) is 5.53. The second kappa shape index (κ2) is 6.69. The molecule has 1 unspecified atom stereocenters. The van der Waals surface area contributed by atoms with Gasteiger partial charge in [-0.3, -0.25) is 0 Å². The Morgan fingerprint density at radius 3 is 2.56 bits per heavy atom. The van der Waals surface area contributed by atoms with Gasteiger partial charge in [-0.15, -0.1) is 0 Å². The number of aryl methyl sites for hydroxylation is 2. The predicted octanol–water partition coefficient (Wildman–Crippen LogP) is 3.00. The molecule has 16 heavy (non-hydrogen) atoms. The molecule has 0 amide bonds. The summed E-state index contributed by atoms with van der Waals surface area (Å²) in [5.74, 6) is 0.961. The van der Waals surface area contributed by atoms with Crippen molar-refractivity contribution in [1.82, 2.24) is 10.5 Å². The molecule has 0 aromatic carbocycles. The average Bonchev–Trinajstić information content (AvgIpc) is 2.59. The number of nitrogens with zero attached hydrogens (tertiary/aromatic N) is 1. The zero-order valence-electron chi connectivity index (χ0n) is 11.0. The highest BCUT2D eigenvalue weighted by molar-refractivity contribution is 5.20. The summed E-state index contributed by atoms with van der Waals surface area (Å²) in [6.07, 6.45) is 4.73. The molecule has 0 aliphatic heterocycles. The van der Waals surface area contributed by atoms with Crippen molar-refractivity contribution in [3.8, 4) is 0 Å². The third-order valence-corrected chi connectivity index (χ3v) is 3.12. The number of hydrogen-bond donors (Lipinski definition) is 1. The summed E-state index contributed by atoms with van der Waals surface area (Å²) in [6, 6.07) is 0.658. The van der Waals surface area contributed by atoms with Crippen molar-refractivity contribution in [2.75, 3.05) is 6.54 Å². The highest BCUT2D eigenvalue weighted by atomic mass is 16.5. The zero-order chi connectivity index (χ0) is 12.0. The van der Waals surface area contributed by atoms with Gasteiger partial charge < -0.3 is 9.84 Å². The van der Waals surface area contributed by atoms with Crippen molar-refractivity contribution in [3.05, 3.63) is 17.0 Å². The van der Waals surface area contributed by atoms with E-state index in [-0.39, 0.29) is 0 Å². The van der Waals surface area contributed by atoms with E-state index in [1.165, 1.54) is 24.8 Å². The summed E-state index contributed by atoms with van der Waals surface area (Å²) in [5.41, 5.74) is 2.29. The van der Waals surface area contributed by atoms with E-state index in [0.717, 1.165) is 24.4 Å². The minimum absolute atomic E-state index is 0.658. The largest absolute Gasteiger partial charge is 0.361 e. The van der Waals surface area contributed by atoms with Gasteiger partial charge in [0.25, 0.3) is 0 Å². The van der Waals surface area contributed by atoms with Crippen LogP contribution in [0.4, 0.5) is 0 Å². The minimum atomic E-state index is 0.658. The highest BCUT2D eigenvalue weighted by Crippen LogP contribution is 2.12. The van der Waals surface area contributed by atoms with Gasteiger partial charge in [0.05, 0.1) is 5.69 Å². The fraction of sp³-hybridized carbons (Fsp3) is 0.769. The normalized spacial score (nSPS) is 13.0. The second-order valence-corrected chi connectivity index (χ2v) is 4.40. The van der Waals surface area contributed by atoms with Crippen molar-refractivity contribution in [1.29, 1.82) is 0 Å². The first-order valence-corrected chi connectivity index (χ1v) is 6.34. The molecule has 1 atom stereocenters. The first kappa shape index (κ1) is 13.2. The molecular weight excluding hydrogens is 200 g/mol. The molecule has 0 saturated carbocycles.